The predicted octanol–water partition coefficient (Wildman–Crippen LogP) is 3.47. The third-order valence-electron chi connectivity index (χ3n) is 6.74. The van der Waals surface area contributed by atoms with Crippen LogP contribution in [-0.4, -0.2) is 51.9 Å². The smallest absolute Gasteiger partial charge is 0.258 e. The number of aromatic nitrogens is 2. The molecule has 1 aliphatic heterocycles. The molecule has 34 heavy (non-hydrogen) atoms. The molecule has 1 fully saturated rings. The molecule has 2 aliphatic rings. The fourth-order valence-corrected chi connectivity index (χ4v) is 5.20. The van der Waals surface area contributed by atoms with E-state index < -0.39 is 5.41 Å². The summed E-state index contributed by atoms with van der Waals surface area (Å²) in [6, 6.07) is 13.3. The Labute approximate surface area is 197 Å². The number of β-amino-alcohol motifs (C(OH)–C–C–N with tert-alkyl or cyclic N) is 1. The average Bonchev–Trinajstić information content (AvgIpc) is 3.54. The lowest BCUT2D eigenvalue weighted by Crippen LogP contribution is -2.37. The molecule has 1 atom stereocenters. The zero-order valence-electron chi connectivity index (χ0n) is 19.2. The van der Waals surface area contributed by atoms with Crippen LogP contribution in [0.15, 0.2) is 40.9 Å². The molecule has 2 aromatic carbocycles. The van der Waals surface area contributed by atoms with Crippen molar-refractivity contribution in [2.75, 3.05) is 19.7 Å². The van der Waals surface area contributed by atoms with Crippen LogP contribution in [0.5, 0.6) is 5.75 Å². The second kappa shape index (κ2) is 8.58. The van der Waals surface area contributed by atoms with Crippen LogP contribution in [0.1, 0.15) is 43.4 Å². The van der Waals surface area contributed by atoms with Crippen LogP contribution in [0.4, 0.5) is 0 Å². The number of rotatable bonds is 6. The van der Waals surface area contributed by atoms with E-state index in [1.165, 1.54) is 0 Å². The zero-order valence-corrected chi connectivity index (χ0v) is 19.2. The third-order valence-corrected chi connectivity index (χ3v) is 6.74. The van der Waals surface area contributed by atoms with E-state index in [0.29, 0.717) is 41.7 Å². The number of hydrogen-bond acceptors (Lipinski definition) is 7. The molecule has 0 saturated carbocycles. The average molecular weight is 459 g/mol. The van der Waals surface area contributed by atoms with Gasteiger partial charge in [0.2, 0.25) is 11.7 Å². The Morgan fingerprint density at radius 3 is 2.91 bits per heavy atom. The van der Waals surface area contributed by atoms with Crippen molar-refractivity contribution in [3.63, 3.8) is 0 Å². The molecule has 8 nitrogen and oxygen atoms in total. The lowest BCUT2D eigenvalue weighted by atomic mass is 9.80. The largest absolute Gasteiger partial charge is 0.490 e. The molecule has 1 saturated heterocycles. The fraction of sp³-hybridized carbons (Fsp3) is 0.385. The number of likely N-dealkylation sites (tertiary alicyclic amines) is 1. The summed E-state index contributed by atoms with van der Waals surface area (Å²) < 4.78 is 11.3. The van der Waals surface area contributed by atoms with Gasteiger partial charge in [-0.25, -0.2) is 0 Å². The number of carbonyl (C=O) groups excluding carboxylic acids is 1. The molecular formula is C26H26N4O4. The highest BCUT2D eigenvalue weighted by Gasteiger charge is 2.51. The number of nitrogens with zero attached hydrogens (tertiary/aromatic N) is 4. The monoisotopic (exact) mass is 458 g/mol. The van der Waals surface area contributed by atoms with Gasteiger partial charge in [0, 0.05) is 24.2 Å². The summed E-state index contributed by atoms with van der Waals surface area (Å²) in [5, 5.41) is 23.0. The fourth-order valence-electron chi connectivity index (χ4n) is 5.20. The van der Waals surface area contributed by atoms with E-state index in [-0.39, 0.29) is 18.6 Å². The molecule has 1 aromatic heterocycles. The molecule has 1 unspecified atom stereocenters. The summed E-state index contributed by atoms with van der Waals surface area (Å²) in [6.07, 6.45) is 2.21. The summed E-state index contributed by atoms with van der Waals surface area (Å²) in [4.78, 5) is 19.6. The molecule has 1 amide bonds. The van der Waals surface area contributed by atoms with Gasteiger partial charge in [-0.05, 0) is 62.4 Å². The van der Waals surface area contributed by atoms with Crippen LogP contribution in [0.3, 0.4) is 0 Å². The van der Waals surface area contributed by atoms with E-state index >= 15 is 0 Å². The first kappa shape index (κ1) is 22.1. The van der Waals surface area contributed by atoms with Gasteiger partial charge in [-0.1, -0.05) is 23.4 Å². The number of ether oxygens (including phenoxy) is 1. The van der Waals surface area contributed by atoms with E-state index in [2.05, 4.69) is 16.2 Å². The van der Waals surface area contributed by atoms with Crippen LogP contribution < -0.4 is 4.74 Å². The molecule has 0 bridgehead atoms. The zero-order chi connectivity index (χ0) is 23.9. The van der Waals surface area contributed by atoms with Crippen LogP contribution in [0, 0.1) is 11.3 Å². The number of aliphatic hydroxyl groups excluding tert-OH is 1. The van der Waals surface area contributed by atoms with Gasteiger partial charge in [-0.2, -0.15) is 10.2 Å². The number of benzene rings is 2. The molecule has 5 rings (SSSR count). The number of aliphatic hydroxyl groups is 1. The number of fused-ring (bicyclic) bond motifs is 2. The summed E-state index contributed by atoms with van der Waals surface area (Å²) in [5.74, 6) is 1.39. The molecule has 174 valence electrons. The number of amides is 1. The van der Waals surface area contributed by atoms with Crippen molar-refractivity contribution in [2.45, 2.75) is 44.6 Å². The van der Waals surface area contributed by atoms with Crippen molar-refractivity contribution < 1.29 is 19.2 Å². The van der Waals surface area contributed by atoms with Crippen molar-refractivity contribution in [1.82, 2.24) is 15.0 Å². The van der Waals surface area contributed by atoms with Gasteiger partial charge in [0.05, 0.1) is 23.7 Å². The quantitative estimate of drug-likeness (QED) is 0.602. The van der Waals surface area contributed by atoms with Gasteiger partial charge >= 0.3 is 0 Å². The second-order valence-electron chi connectivity index (χ2n) is 9.09. The van der Waals surface area contributed by atoms with E-state index in [0.717, 1.165) is 36.0 Å². The molecule has 8 heteroatoms. The van der Waals surface area contributed by atoms with Gasteiger partial charge in [0.25, 0.3) is 5.89 Å². The molecule has 0 radical (unpaired) electrons. The van der Waals surface area contributed by atoms with E-state index in [1.54, 1.807) is 23.1 Å². The maximum absolute atomic E-state index is 13.2. The van der Waals surface area contributed by atoms with Gasteiger partial charge in [-0.3, -0.25) is 4.79 Å². The topological polar surface area (TPSA) is 112 Å². The van der Waals surface area contributed by atoms with E-state index in [1.807, 2.05) is 32.0 Å². The van der Waals surface area contributed by atoms with Crippen LogP contribution >= 0.6 is 0 Å². The maximum Gasteiger partial charge on any atom is 0.258 e. The SMILES string of the molecule is CC(C)Oc1ccc(-c2nc(-c3cccc4c3CCC43CCN(CCO)C3=O)no2)cc1C#N. The lowest BCUT2D eigenvalue weighted by molar-refractivity contribution is -0.132. The summed E-state index contributed by atoms with van der Waals surface area (Å²) in [5.41, 5.74) is 3.48. The van der Waals surface area contributed by atoms with Gasteiger partial charge in [-0.15, -0.1) is 0 Å². The lowest BCUT2D eigenvalue weighted by Gasteiger charge is -2.24. The Hall–Kier alpha value is -3.70. The highest BCUT2D eigenvalue weighted by molar-refractivity contribution is 5.92. The Kier molecular flexibility index (Phi) is 5.58. The molecule has 1 aliphatic carbocycles. The molecule has 2 heterocycles. The predicted molar refractivity (Wildman–Crippen MR) is 124 cm³/mol. The number of carbonyl (C=O) groups is 1. The summed E-state index contributed by atoms with van der Waals surface area (Å²) >= 11 is 0. The number of hydrogen-bond donors (Lipinski definition) is 1. The Morgan fingerprint density at radius 2 is 2.15 bits per heavy atom. The highest BCUT2D eigenvalue weighted by atomic mass is 16.5. The minimum absolute atomic E-state index is 0.0293. The van der Waals surface area contributed by atoms with Crippen LogP contribution in [-0.2, 0) is 16.6 Å². The van der Waals surface area contributed by atoms with E-state index in [9.17, 15) is 15.2 Å². The number of nitriles is 1. The first-order valence-electron chi connectivity index (χ1n) is 11.5. The third kappa shape index (κ3) is 3.53. The Balaban J connectivity index is 1.47. The van der Waals surface area contributed by atoms with Gasteiger partial charge < -0.3 is 19.3 Å². The first-order chi connectivity index (χ1) is 16.5. The highest BCUT2D eigenvalue weighted by Crippen LogP contribution is 2.48. The standard InChI is InChI=1S/C26H26N4O4/c1-16(2)33-22-7-6-17(14-18(22)15-27)24-28-23(29-34-24)20-4-3-5-21-19(20)8-9-26(21)10-11-30(12-13-31)25(26)32/h3-7,14,16,31H,8-13H2,1-2H3. The Bertz CT molecular complexity index is 1290. The summed E-state index contributed by atoms with van der Waals surface area (Å²) in [7, 11) is 0. The molecular weight excluding hydrogens is 432 g/mol. The van der Waals surface area contributed by atoms with Crippen LogP contribution in [0.25, 0.3) is 22.8 Å². The van der Waals surface area contributed by atoms with Crippen LogP contribution in [0.2, 0.25) is 0 Å². The van der Waals surface area contributed by atoms with E-state index in [4.69, 9.17) is 9.26 Å². The van der Waals surface area contributed by atoms with Gasteiger partial charge in [0.1, 0.15) is 11.8 Å². The Morgan fingerprint density at radius 1 is 1.29 bits per heavy atom. The van der Waals surface area contributed by atoms with Crippen molar-refractivity contribution in [1.29, 1.82) is 5.26 Å². The molecule has 1 spiro atoms. The summed E-state index contributed by atoms with van der Waals surface area (Å²) in [6.45, 7) is 4.82. The minimum atomic E-state index is -0.527. The first-order valence-corrected chi connectivity index (χ1v) is 11.5. The second-order valence-corrected chi connectivity index (χ2v) is 9.09. The van der Waals surface area contributed by atoms with Crippen molar-refractivity contribution in [3.8, 4) is 34.7 Å². The molecule has 3 aromatic rings. The maximum atomic E-state index is 13.2. The van der Waals surface area contributed by atoms with Gasteiger partial charge in [0.15, 0.2) is 0 Å². The molecule has 1 N–H and O–H groups in total. The van der Waals surface area contributed by atoms with Crippen molar-refractivity contribution >= 4 is 5.91 Å². The van der Waals surface area contributed by atoms with Crippen molar-refractivity contribution in [3.05, 3.63) is 53.1 Å². The normalized spacial score (nSPS) is 19.1. The minimum Gasteiger partial charge on any atom is -0.490 e. The van der Waals surface area contributed by atoms with Crippen molar-refractivity contribution in [2.24, 2.45) is 0 Å².